The van der Waals surface area contributed by atoms with E-state index in [2.05, 4.69) is 5.48 Å². The first kappa shape index (κ1) is 11.4. The van der Waals surface area contributed by atoms with E-state index in [9.17, 15) is 9.59 Å². The fourth-order valence-electron chi connectivity index (χ4n) is 1.09. The number of ketones is 2. The van der Waals surface area contributed by atoms with E-state index in [-0.39, 0.29) is 11.6 Å². The molecule has 4 nitrogen and oxygen atoms in total. The minimum absolute atomic E-state index is 0.314. The van der Waals surface area contributed by atoms with E-state index in [1.54, 1.807) is 12.1 Å². The van der Waals surface area contributed by atoms with E-state index in [1.807, 2.05) is 18.2 Å². The number of anilines is 1. The van der Waals surface area contributed by atoms with Crippen LogP contribution in [0.15, 0.2) is 30.3 Å². The van der Waals surface area contributed by atoms with E-state index < -0.39 is 6.10 Å². The highest BCUT2D eigenvalue weighted by Crippen LogP contribution is 2.06. The van der Waals surface area contributed by atoms with Crippen LogP contribution in [0.2, 0.25) is 0 Å². The molecule has 0 spiro atoms. The number of Topliss-reactive ketones (excluding diaryl/α,β-unsaturated/α-hetero) is 2. The Morgan fingerprint density at radius 3 is 2.13 bits per heavy atom. The van der Waals surface area contributed by atoms with Gasteiger partial charge in [0.15, 0.2) is 11.6 Å². The molecule has 80 valence electrons. The molecule has 0 radical (unpaired) electrons. The summed E-state index contributed by atoms with van der Waals surface area (Å²) in [6, 6.07) is 9.05. The van der Waals surface area contributed by atoms with E-state index in [0.29, 0.717) is 5.69 Å². The standard InChI is InChI=1S/C11H13NO3/c1-8(13)11(9(2)14)15-12-10-6-4-3-5-7-10/h3-7,11-12H,1-2H3. The van der Waals surface area contributed by atoms with Gasteiger partial charge in [0.1, 0.15) is 0 Å². The zero-order valence-corrected chi connectivity index (χ0v) is 8.69. The first-order valence-electron chi connectivity index (χ1n) is 4.59. The fraction of sp³-hybridized carbons (Fsp3) is 0.273. The van der Waals surface area contributed by atoms with Crippen LogP contribution in [0.3, 0.4) is 0 Å². The summed E-state index contributed by atoms with van der Waals surface area (Å²) in [6.45, 7) is 2.64. The summed E-state index contributed by atoms with van der Waals surface area (Å²) in [5.41, 5.74) is 3.26. The van der Waals surface area contributed by atoms with Crippen LogP contribution in [0, 0.1) is 0 Å². The van der Waals surface area contributed by atoms with Crippen molar-refractivity contribution in [3.05, 3.63) is 30.3 Å². The number of hydrogen-bond acceptors (Lipinski definition) is 4. The van der Waals surface area contributed by atoms with Crippen LogP contribution < -0.4 is 5.48 Å². The SMILES string of the molecule is CC(=O)C(ONc1ccccc1)C(C)=O. The average molecular weight is 207 g/mol. The second-order valence-electron chi connectivity index (χ2n) is 3.19. The van der Waals surface area contributed by atoms with Gasteiger partial charge in [0.2, 0.25) is 6.10 Å². The normalized spacial score (nSPS) is 10.1. The molecule has 1 N–H and O–H groups in total. The molecule has 1 aromatic carbocycles. The molecule has 4 heteroatoms. The minimum atomic E-state index is -1.04. The number of nitrogens with one attached hydrogen (secondary N) is 1. The molecule has 0 saturated heterocycles. The minimum Gasteiger partial charge on any atom is -0.296 e. The molecule has 0 heterocycles. The van der Waals surface area contributed by atoms with Crippen molar-refractivity contribution in [2.45, 2.75) is 20.0 Å². The molecule has 1 rings (SSSR count). The van der Waals surface area contributed by atoms with Gasteiger partial charge in [-0.3, -0.25) is 19.9 Å². The summed E-state index contributed by atoms with van der Waals surface area (Å²) in [5, 5.41) is 0. The lowest BCUT2D eigenvalue weighted by atomic mass is 10.2. The summed E-state index contributed by atoms with van der Waals surface area (Å²) in [4.78, 5) is 27.0. The molecule has 0 unspecified atom stereocenters. The zero-order valence-electron chi connectivity index (χ0n) is 8.69. The Morgan fingerprint density at radius 2 is 1.67 bits per heavy atom. The first-order chi connectivity index (χ1) is 7.11. The van der Waals surface area contributed by atoms with Gasteiger partial charge in [-0.2, -0.15) is 0 Å². The zero-order chi connectivity index (χ0) is 11.3. The Morgan fingerprint density at radius 1 is 1.13 bits per heavy atom. The molecule has 0 saturated carbocycles. The van der Waals surface area contributed by atoms with Gasteiger partial charge < -0.3 is 0 Å². The summed E-state index contributed by atoms with van der Waals surface area (Å²) >= 11 is 0. The number of carbonyl (C=O) groups excluding carboxylic acids is 2. The van der Waals surface area contributed by atoms with Crippen molar-refractivity contribution in [3.63, 3.8) is 0 Å². The van der Waals surface area contributed by atoms with Crippen LogP contribution in [-0.2, 0) is 14.4 Å². The molecule has 0 aliphatic rings. The van der Waals surface area contributed by atoms with Crippen LogP contribution in [0.5, 0.6) is 0 Å². The van der Waals surface area contributed by atoms with Gasteiger partial charge in [0, 0.05) is 0 Å². The van der Waals surface area contributed by atoms with Crippen LogP contribution in [0.1, 0.15) is 13.8 Å². The topological polar surface area (TPSA) is 55.4 Å². The number of benzene rings is 1. The van der Waals surface area contributed by atoms with Gasteiger partial charge in [-0.15, -0.1) is 0 Å². The predicted molar refractivity (Wildman–Crippen MR) is 56.3 cm³/mol. The summed E-state index contributed by atoms with van der Waals surface area (Å²) in [7, 11) is 0. The lowest BCUT2D eigenvalue weighted by Gasteiger charge is -2.12. The van der Waals surface area contributed by atoms with Gasteiger partial charge >= 0.3 is 0 Å². The Hall–Kier alpha value is -1.68. The Balaban J connectivity index is 2.55. The third-order valence-electron chi connectivity index (χ3n) is 1.81. The highest BCUT2D eigenvalue weighted by Gasteiger charge is 2.20. The van der Waals surface area contributed by atoms with Crippen LogP contribution >= 0.6 is 0 Å². The predicted octanol–water partition coefficient (Wildman–Crippen LogP) is 1.58. The Bertz CT molecular complexity index is 334. The van der Waals surface area contributed by atoms with Gasteiger partial charge in [-0.25, -0.2) is 0 Å². The molecule has 0 aliphatic carbocycles. The number of carbonyl (C=O) groups is 2. The lowest BCUT2D eigenvalue weighted by Crippen LogP contribution is -2.31. The third kappa shape index (κ3) is 3.52. The molecule has 0 fully saturated rings. The summed E-state index contributed by atoms with van der Waals surface area (Å²) < 4.78 is 0. The second kappa shape index (κ2) is 5.26. The highest BCUT2D eigenvalue weighted by atomic mass is 16.7. The van der Waals surface area contributed by atoms with Crippen molar-refractivity contribution < 1.29 is 14.4 Å². The van der Waals surface area contributed by atoms with E-state index in [0.717, 1.165) is 0 Å². The molecule has 1 aromatic rings. The largest absolute Gasteiger partial charge is 0.296 e. The molecule has 0 aliphatic heterocycles. The molecule has 0 bridgehead atoms. The van der Waals surface area contributed by atoms with Crippen molar-refractivity contribution >= 4 is 17.3 Å². The van der Waals surface area contributed by atoms with Crippen LogP contribution in [-0.4, -0.2) is 17.7 Å². The maximum atomic E-state index is 11.0. The molecule has 0 aromatic heterocycles. The summed E-state index contributed by atoms with van der Waals surface area (Å²) in [5.74, 6) is -0.628. The summed E-state index contributed by atoms with van der Waals surface area (Å²) in [6.07, 6.45) is -1.04. The molecule has 15 heavy (non-hydrogen) atoms. The van der Waals surface area contributed by atoms with Crippen LogP contribution in [0.25, 0.3) is 0 Å². The maximum absolute atomic E-state index is 11.0. The van der Waals surface area contributed by atoms with E-state index in [1.165, 1.54) is 13.8 Å². The fourth-order valence-corrected chi connectivity index (χ4v) is 1.09. The first-order valence-corrected chi connectivity index (χ1v) is 4.59. The quantitative estimate of drug-likeness (QED) is 0.588. The molecular weight excluding hydrogens is 194 g/mol. The van der Waals surface area contributed by atoms with Gasteiger partial charge in [0.05, 0.1) is 5.69 Å². The number of para-hydroxylation sites is 1. The lowest BCUT2D eigenvalue weighted by molar-refractivity contribution is -0.138. The van der Waals surface area contributed by atoms with Gasteiger partial charge in [0.25, 0.3) is 0 Å². The maximum Gasteiger partial charge on any atom is 0.200 e. The smallest absolute Gasteiger partial charge is 0.200 e. The monoisotopic (exact) mass is 207 g/mol. The molecular formula is C11H13NO3. The van der Waals surface area contributed by atoms with Crippen molar-refractivity contribution in [1.29, 1.82) is 0 Å². The number of rotatable bonds is 5. The number of hydrogen-bond donors (Lipinski definition) is 1. The third-order valence-corrected chi connectivity index (χ3v) is 1.81. The average Bonchev–Trinajstić information content (AvgIpc) is 2.18. The van der Waals surface area contributed by atoms with Gasteiger partial charge in [-0.05, 0) is 26.0 Å². The Kier molecular flexibility index (Phi) is 4.00. The van der Waals surface area contributed by atoms with Crippen molar-refractivity contribution in [2.24, 2.45) is 0 Å². The van der Waals surface area contributed by atoms with Crippen molar-refractivity contribution in [2.75, 3.05) is 5.48 Å². The van der Waals surface area contributed by atoms with Crippen molar-refractivity contribution in [1.82, 2.24) is 0 Å². The van der Waals surface area contributed by atoms with E-state index >= 15 is 0 Å². The van der Waals surface area contributed by atoms with Crippen LogP contribution in [0.4, 0.5) is 5.69 Å². The molecule has 0 atom stereocenters. The van der Waals surface area contributed by atoms with Crippen molar-refractivity contribution in [3.8, 4) is 0 Å². The molecule has 0 amide bonds. The van der Waals surface area contributed by atoms with Gasteiger partial charge in [-0.1, -0.05) is 18.2 Å². The Labute approximate surface area is 88.2 Å². The highest BCUT2D eigenvalue weighted by molar-refractivity contribution is 6.03. The van der Waals surface area contributed by atoms with E-state index in [4.69, 9.17) is 4.84 Å². The second-order valence-corrected chi connectivity index (χ2v) is 3.19.